The number of benzene rings is 2. The summed E-state index contributed by atoms with van der Waals surface area (Å²) in [6, 6.07) is 17.2. The van der Waals surface area contributed by atoms with E-state index in [1.54, 1.807) is 0 Å². The van der Waals surface area contributed by atoms with E-state index < -0.39 is 0 Å². The van der Waals surface area contributed by atoms with Crippen molar-refractivity contribution in [2.75, 3.05) is 24.6 Å². The van der Waals surface area contributed by atoms with Crippen molar-refractivity contribution in [1.29, 1.82) is 5.41 Å². The predicted molar refractivity (Wildman–Crippen MR) is 123 cm³/mol. The lowest BCUT2D eigenvalue weighted by Gasteiger charge is -2.31. The van der Waals surface area contributed by atoms with Gasteiger partial charge in [-0.3, -0.25) is 10.7 Å². The quantitative estimate of drug-likeness (QED) is 0.375. The number of rotatable bonds is 7. The van der Waals surface area contributed by atoms with Crippen molar-refractivity contribution in [3.05, 3.63) is 72.1 Å². The molecule has 31 heavy (non-hydrogen) atoms. The first-order valence-corrected chi connectivity index (χ1v) is 10.3. The van der Waals surface area contributed by atoms with E-state index in [9.17, 15) is 0 Å². The van der Waals surface area contributed by atoms with E-state index in [2.05, 4.69) is 25.9 Å². The number of nitrogens with one attached hydrogen (secondary N) is 4. The van der Waals surface area contributed by atoms with Crippen molar-refractivity contribution in [3.63, 3.8) is 0 Å². The Bertz CT molecular complexity index is 1020. The topological polar surface area (TPSA) is 121 Å². The lowest BCUT2D eigenvalue weighted by Crippen LogP contribution is -2.50. The van der Waals surface area contributed by atoms with Crippen LogP contribution in [0.15, 0.2) is 60.9 Å². The van der Waals surface area contributed by atoms with E-state index in [-0.39, 0.29) is 17.6 Å². The molecule has 2 heterocycles. The van der Waals surface area contributed by atoms with Crippen LogP contribution in [0.2, 0.25) is 0 Å². The summed E-state index contributed by atoms with van der Waals surface area (Å²) in [5.41, 5.74) is 7.64. The summed E-state index contributed by atoms with van der Waals surface area (Å²) in [4.78, 5) is 8.50. The monoisotopic (exact) mass is 417 g/mol. The van der Waals surface area contributed by atoms with E-state index in [0.29, 0.717) is 28.9 Å². The van der Waals surface area contributed by atoms with Crippen molar-refractivity contribution in [2.45, 2.75) is 25.0 Å². The Balaban J connectivity index is 1.50. The van der Waals surface area contributed by atoms with Crippen LogP contribution >= 0.6 is 0 Å². The highest BCUT2D eigenvalue weighted by atomic mass is 16.5. The molecule has 0 radical (unpaired) electrons. The third kappa shape index (κ3) is 4.99. The van der Waals surface area contributed by atoms with Gasteiger partial charge in [-0.2, -0.15) is 0 Å². The minimum absolute atomic E-state index is 0.201. The average Bonchev–Trinajstić information content (AvgIpc) is 2.80. The van der Waals surface area contributed by atoms with Crippen LogP contribution in [-0.4, -0.2) is 41.5 Å². The highest BCUT2D eigenvalue weighted by Gasteiger charge is 2.22. The van der Waals surface area contributed by atoms with Crippen LogP contribution in [0.5, 0.6) is 11.5 Å². The van der Waals surface area contributed by atoms with Gasteiger partial charge in [0.2, 0.25) is 0 Å². The standard InChI is InChI=1S/C23H27N7O/c1-26-19-12-9-16(13-27-19)30-23-20(22(25)28-14-29-23)21(24)15-7-10-18(11-8-15)31-17-5-3-2-4-6-17/h2-8,10-11,14,16,19,24,26-27H,9,12-13H2,1H3,(H3,25,28,29,30). The maximum absolute atomic E-state index is 8.76. The van der Waals surface area contributed by atoms with Crippen LogP contribution in [0.25, 0.3) is 0 Å². The molecule has 0 bridgehead atoms. The van der Waals surface area contributed by atoms with Gasteiger partial charge in [0.05, 0.1) is 17.4 Å². The SMILES string of the molecule is CNC1CCC(Nc2ncnc(N)c2C(=N)c2ccc(Oc3ccccc3)cc2)CN1. The molecular weight excluding hydrogens is 390 g/mol. The van der Waals surface area contributed by atoms with Crippen LogP contribution in [0.1, 0.15) is 24.0 Å². The molecule has 2 unspecified atom stereocenters. The Hall–Kier alpha value is -3.49. The minimum atomic E-state index is 0.201. The maximum atomic E-state index is 8.76. The zero-order valence-corrected chi connectivity index (χ0v) is 17.4. The van der Waals surface area contributed by atoms with Gasteiger partial charge in [0.15, 0.2) is 0 Å². The van der Waals surface area contributed by atoms with Gasteiger partial charge < -0.3 is 21.1 Å². The molecule has 160 valence electrons. The molecule has 8 heteroatoms. The molecule has 6 N–H and O–H groups in total. The first-order valence-electron chi connectivity index (χ1n) is 10.3. The molecule has 0 amide bonds. The highest BCUT2D eigenvalue weighted by Crippen LogP contribution is 2.26. The molecule has 1 aromatic heterocycles. The fourth-order valence-corrected chi connectivity index (χ4v) is 3.63. The lowest BCUT2D eigenvalue weighted by molar-refractivity contribution is 0.344. The van der Waals surface area contributed by atoms with Crippen molar-refractivity contribution in [1.82, 2.24) is 20.6 Å². The van der Waals surface area contributed by atoms with E-state index in [1.807, 2.05) is 61.6 Å². The van der Waals surface area contributed by atoms with Gasteiger partial charge in [0.1, 0.15) is 29.5 Å². The minimum Gasteiger partial charge on any atom is -0.457 e. The zero-order chi connectivity index (χ0) is 21.6. The Morgan fingerprint density at radius 2 is 1.81 bits per heavy atom. The van der Waals surface area contributed by atoms with E-state index in [4.69, 9.17) is 15.9 Å². The van der Waals surface area contributed by atoms with Crippen LogP contribution in [0.4, 0.5) is 11.6 Å². The number of piperidine rings is 1. The molecule has 1 saturated heterocycles. The highest BCUT2D eigenvalue weighted by molar-refractivity contribution is 6.16. The fourth-order valence-electron chi connectivity index (χ4n) is 3.63. The summed E-state index contributed by atoms with van der Waals surface area (Å²) >= 11 is 0. The van der Waals surface area contributed by atoms with E-state index in [0.717, 1.165) is 25.1 Å². The molecule has 2 atom stereocenters. The number of aromatic nitrogens is 2. The van der Waals surface area contributed by atoms with Crippen LogP contribution < -0.4 is 26.4 Å². The van der Waals surface area contributed by atoms with Gasteiger partial charge in [0.25, 0.3) is 0 Å². The van der Waals surface area contributed by atoms with Crippen molar-refractivity contribution >= 4 is 17.3 Å². The summed E-state index contributed by atoms with van der Waals surface area (Å²) in [5, 5.41) is 18.9. The number of anilines is 2. The Morgan fingerprint density at radius 1 is 1.06 bits per heavy atom. The first-order chi connectivity index (χ1) is 15.1. The molecular formula is C23H27N7O. The van der Waals surface area contributed by atoms with Crippen LogP contribution in [-0.2, 0) is 0 Å². The second-order valence-corrected chi connectivity index (χ2v) is 7.47. The number of hydrogen-bond acceptors (Lipinski definition) is 8. The molecule has 0 aliphatic carbocycles. The molecule has 1 aliphatic rings. The molecule has 3 aromatic rings. The molecule has 1 aliphatic heterocycles. The zero-order valence-electron chi connectivity index (χ0n) is 17.4. The van der Waals surface area contributed by atoms with Gasteiger partial charge in [-0.05, 0) is 56.3 Å². The summed E-state index contributed by atoms with van der Waals surface area (Å²) in [6.07, 6.45) is 3.74. The van der Waals surface area contributed by atoms with E-state index in [1.165, 1.54) is 6.33 Å². The van der Waals surface area contributed by atoms with Crippen LogP contribution in [0, 0.1) is 5.41 Å². The third-order valence-electron chi connectivity index (χ3n) is 5.35. The number of ether oxygens (including phenoxy) is 1. The van der Waals surface area contributed by atoms with Crippen molar-refractivity contribution in [3.8, 4) is 11.5 Å². The molecule has 0 saturated carbocycles. The number of hydrogen-bond donors (Lipinski definition) is 5. The summed E-state index contributed by atoms with van der Waals surface area (Å²) in [6.45, 7) is 0.799. The average molecular weight is 418 g/mol. The number of nitrogens with zero attached hydrogens (tertiary/aromatic N) is 2. The third-order valence-corrected chi connectivity index (χ3v) is 5.35. The second kappa shape index (κ2) is 9.55. The molecule has 2 aromatic carbocycles. The lowest BCUT2D eigenvalue weighted by atomic mass is 10.0. The van der Waals surface area contributed by atoms with Crippen molar-refractivity contribution in [2.24, 2.45) is 0 Å². The Labute approximate surface area is 181 Å². The van der Waals surface area contributed by atoms with Crippen molar-refractivity contribution < 1.29 is 4.74 Å². The first kappa shape index (κ1) is 20.8. The largest absolute Gasteiger partial charge is 0.457 e. The molecule has 8 nitrogen and oxygen atoms in total. The fraction of sp³-hybridized carbons (Fsp3) is 0.261. The predicted octanol–water partition coefficient (Wildman–Crippen LogP) is 2.98. The molecule has 0 spiro atoms. The van der Waals surface area contributed by atoms with Gasteiger partial charge in [-0.1, -0.05) is 18.2 Å². The number of para-hydroxylation sites is 1. The number of nitrogens with two attached hydrogens (primary N) is 1. The second-order valence-electron chi connectivity index (χ2n) is 7.47. The van der Waals surface area contributed by atoms with E-state index >= 15 is 0 Å². The number of nitrogen functional groups attached to an aromatic ring is 1. The molecule has 1 fully saturated rings. The van der Waals surface area contributed by atoms with Crippen LogP contribution in [0.3, 0.4) is 0 Å². The summed E-state index contributed by atoms with van der Waals surface area (Å²) in [5.74, 6) is 2.32. The Morgan fingerprint density at radius 3 is 2.48 bits per heavy atom. The smallest absolute Gasteiger partial charge is 0.141 e. The summed E-state index contributed by atoms with van der Waals surface area (Å²) < 4.78 is 5.84. The summed E-state index contributed by atoms with van der Waals surface area (Å²) in [7, 11) is 1.95. The molecule has 4 rings (SSSR count). The van der Waals surface area contributed by atoms with Gasteiger partial charge >= 0.3 is 0 Å². The Kier molecular flexibility index (Phi) is 6.40. The normalized spacial score (nSPS) is 18.4. The maximum Gasteiger partial charge on any atom is 0.141 e. The van der Waals surface area contributed by atoms with Gasteiger partial charge in [-0.15, -0.1) is 0 Å². The van der Waals surface area contributed by atoms with Gasteiger partial charge in [0, 0.05) is 18.2 Å². The van der Waals surface area contributed by atoms with Gasteiger partial charge in [-0.25, -0.2) is 9.97 Å².